The quantitative estimate of drug-likeness (QED) is 0.584. The molecule has 0 atom stereocenters. The van der Waals surface area contributed by atoms with Gasteiger partial charge in [0.15, 0.2) is 0 Å². The molecule has 0 aliphatic heterocycles. The SMILES string of the molecule is C[SiH2]Oc1ccc(C)cc1. The Morgan fingerprint density at radius 3 is 2.30 bits per heavy atom. The van der Waals surface area contributed by atoms with Gasteiger partial charge in [0.1, 0.15) is 5.75 Å². The number of aryl methyl sites for hydroxylation is 1. The molecule has 0 amide bonds. The van der Waals surface area contributed by atoms with E-state index in [1.807, 2.05) is 12.1 Å². The van der Waals surface area contributed by atoms with Gasteiger partial charge < -0.3 is 4.43 Å². The molecule has 0 spiro atoms. The number of hydrogen-bond acceptors (Lipinski definition) is 1. The van der Waals surface area contributed by atoms with Crippen LogP contribution in [0.1, 0.15) is 5.56 Å². The van der Waals surface area contributed by atoms with Gasteiger partial charge in [-0.1, -0.05) is 17.7 Å². The average molecular weight is 152 g/mol. The van der Waals surface area contributed by atoms with Gasteiger partial charge in [-0.25, -0.2) is 0 Å². The number of hydrogen-bond donors (Lipinski definition) is 0. The van der Waals surface area contributed by atoms with Crippen molar-refractivity contribution in [1.82, 2.24) is 0 Å². The van der Waals surface area contributed by atoms with E-state index in [-0.39, 0.29) is 9.76 Å². The molecule has 1 nitrogen and oxygen atoms in total. The number of rotatable bonds is 2. The highest BCUT2D eigenvalue weighted by atomic mass is 28.2. The van der Waals surface area contributed by atoms with Crippen LogP contribution in [0.3, 0.4) is 0 Å². The summed E-state index contributed by atoms with van der Waals surface area (Å²) in [5.74, 6) is 1.01. The average Bonchev–Trinajstić information content (AvgIpc) is 1.95. The molecule has 0 aromatic heterocycles. The highest BCUT2D eigenvalue weighted by Gasteiger charge is 1.87. The summed E-state index contributed by atoms with van der Waals surface area (Å²) in [6.45, 7) is 4.20. The predicted octanol–water partition coefficient (Wildman–Crippen LogP) is 1.51. The monoisotopic (exact) mass is 152 g/mol. The molecule has 1 rings (SSSR count). The minimum Gasteiger partial charge on any atom is -0.550 e. The molecule has 0 saturated carbocycles. The molecule has 0 N–H and O–H groups in total. The Bertz CT molecular complexity index is 193. The summed E-state index contributed by atoms with van der Waals surface area (Å²) in [5, 5.41) is 0. The Hall–Kier alpha value is -0.763. The molecule has 1 aromatic rings. The van der Waals surface area contributed by atoms with Crippen LogP contribution < -0.4 is 4.43 Å². The van der Waals surface area contributed by atoms with Crippen molar-refractivity contribution in [3.8, 4) is 5.75 Å². The zero-order chi connectivity index (χ0) is 7.40. The third-order valence-electron chi connectivity index (χ3n) is 1.33. The van der Waals surface area contributed by atoms with E-state index >= 15 is 0 Å². The summed E-state index contributed by atoms with van der Waals surface area (Å²) < 4.78 is 5.40. The molecule has 0 saturated heterocycles. The molecule has 0 heterocycles. The lowest BCUT2D eigenvalue weighted by Crippen LogP contribution is -1.94. The Balaban J connectivity index is 2.69. The van der Waals surface area contributed by atoms with Crippen molar-refractivity contribution in [1.29, 1.82) is 0 Å². The molecule has 0 radical (unpaired) electrons. The van der Waals surface area contributed by atoms with Crippen molar-refractivity contribution < 1.29 is 4.43 Å². The topological polar surface area (TPSA) is 9.23 Å². The van der Waals surface area contributed by atoms with Crippen molar-refractivity contribution in [2.24, 2.45) is 0 Å². The maximum absolute atomic E-state index is 5.40. The van der Waals surface area contributed by atoms with Crippen LogP contribution in [-0.2, 0) is 0 Å². The Morgan fingerprint density at radius 2 is 1.80 bits per heavy atom. The molecule has 10 heavy (non-hydrogen) atoms. The fourth-order valence-electron chi connectivity index (χ4n) is 0.801. The van der Waals surface area contributed by atoms with Crippen molar-refractivity contribution in [2.45, 2.75) is 13.5 Å². The fourth-order valence-corrected chi connectivity index (χ4v) is 1.33. The highest BCUT2D eigenvalue weighted by molar-refractivity contribution is 6.26. The zero-order valence-corrected chi connectivity index (χ0v) is 7.84. The number of benzene rings is 1. The standard InChI is InChI=1S/C8H12OSi/c1-7-3-5-8(6-4-7)9-10-2/h3-6H,10H2,1-2H3. The van der Waals surface area contributed by atoms with Gasteiger partial charge >= 0.3 is 0 Å². The maximum atomic E-state index is 5.40. The van der Waals surface area contributed by atoms with Crippen LogP contribution in [0.2, 0.25) is 6.55 Å². The molecular formula is C8H12OSi. The third-order valence-corrected chi connectivity index (χ3v) is 1.95. The van der Waals surface area contributed by atoms with E-state index in [0.29, 0.717) is 0 Å². The maximum Gasteiger partial charge on any atom is 0.216 e. The van der Waals surface area contributed by atoms with Crippen LogP contribution in [0.4, 0.5) is 0 Å². The van der Waals surface area contributed by atoms with Gasteiger partial charge in [0.2, 0.25) is 9.76 Å². The molecule has 0 aliphatic carbocycles. The van der Waals surface area contributed by atoms with Crippen molar-refractivity contribution >= 4 is 9.76 Å². The normalized spacial score (nSPS) is 10.6. The van der Waals surface area contributed by atoms with Gasteiger partial charge in [-0.2, -0.15) is 0 Å². The van der Waals surface area contributed by atoms with E-state index in [0.717, 1.165) is 5.75 Å². The van der Waals surface area contributed by atoms with Gasteiger partial charge in [-0.05, 0) is 25.6 Å². The fraction of sp³-hybridized carbons (Fsp3) is 0.250. The summed E-state index contributed by atoms with van der Waals surface area (Å²) in [4.78, 5) is 0. The van der Waals surface area contributed by atoms with Gasteiger partial charge in [-0.15, -0.1) is 0 Å². The van der Waals surface area contributed by atoms with Crippen molar-refractivity contribution in [3.05, 3.63) is 29.8 Å². The second-order valence-electron chi connectivity index (χ2n) is 2.25. The van der Waals surface area contributed by atoms with E-state index in [1.54, 1.807) is 0 Å². The van der Waals surface area contributed by atoms with Crippen LogP contribution in [0.5, 0.6) is 5.75 Å². The van der Waals surface area contributed by atoms with E-state index in [1.165, 1.54) is 5.56 Å². The molecule has 2 heteroatoms. The molecule has 0 aliphatic rings. The zero-order valence-electron chi connectivity index (χ0n) is 6.42. The summed E-state index contributed by atoms with van der Waals surface area (Å²) in [7, 11) is -0.297. The summed E-state index contributed by atoms with van der Waals surface area (Å²) in [6.07, 6.45) is 0. The molecule has 0 fully saturated rings. The third kappa shape index (κ3) is 1.88. The lowest BCUT2D eigenvalue weighted by atomic mass is 10.2. The summed E-state index contributed by atoms with van der Waals surface area (Å²) in [6, 6.07) is 8.18. The first-order valence-electron chi connectivity index (χ1n) is 3.52. The van der Waals surface area contributed by atoms with Gasteiger partial charge in [0.05, 0.1) is 0 Å². The van der Waals surface area contributed by atoms with Crippen LogP contribution >= 0.6 is 0 Å². The first-order chi connectivity index (χ1) is 4.83. The Labute approximate surface area is 64.0 Å². The van der Waals surface area contributed by atoms with Gasteiger partial charge in [0.25, 0.3) is 0 Å². The van der Waals surface area contributed by atoms with Crippen LogP contribution in [0.25, 0.3) is 0 Å². The Morgan fingerprint density at radius 1 is 1.20 bits per heavy atom. The van der Waals surface area contributed by atoms with E-state index < -0.39 is 0 Å². The van der Waals surface area contributed by atoms with E-state index in [9.17, 15) is 0 Å². The first-order valence-corrected chi connectivity index (χ1v) is 5.51. The molecular weight excluding hydrogens is 140 g/mol. The van der Waals surface area contributed by atoms with Gasteiger partial charge in [0, 0.05) is 0 Å². The van der Waals surface area contributed by atoms with Gasteiger partial charge in [-0.3, -0.25) is 0 Å². The minimum atomic E-state index is -0.297. The lowest BCUT2D eigenvalue weighted by molar-refractivity contribution is 0.600. The summed E-state index contributed by atoms with van der Waals surface area (Å²) in [5.41, 5.74) is 1.28. The minimum absolute atomic E-state index is 0.297. The smallest absolute Gasteiger partial charge is 0.216 e. The van der Waals surface area contributed by atoms with Crippen LogP contribution in [0.15, 0.2) is 24.3 Å². The Kier molecular flexibility index (Phi) is 2.51. The molecule has 54 valence electrons. The summed E-state index contributed by atoms with van der Waals surface area (Å²) >= 11 is 0. The second-order valence-corrected chi connectivity index (χ2v) is 3.11. The molecule has 1 aromatic carbocycles. The predicted molar refractivity (Wildman–Crippen MR) is 46.2 cm³/mol. The largest absolute Gasteiger partial charge is 0.550 e. The van der Waals surface area contributed by atoms with Crippen molar-refractivity contribution in [3.63, 3.8) is 0 Å². The lowest BCUT2D eigenvalue weighted by Gasteiger charge is -2.01. The van der Waals surface area contributed by atoms with Crippen LogP contribution in [0, 0.1) is 6.92 Å². The van der Waals surface area contributed by atoms with Crippen molar-refractivity contribution in [2.75, 3.05) is 0 Å². The van der Waals surface area contributed by atoms with E-state index in [2.05, 4.69) is 25.6 Å². The van der Waals surface area contributed by atoms with Crippen LogP contribution in [-0.4, -0.2) is 9.76 Å². The highest BCUT2D eigenvalue weighted by Crippen LogP contribution is 2.10. The second kappa shape index (κ2) is 3.42. The molecule has 0 bridgehead atoms. The molecule has 0 unspecified atom stereocenters. The first kappa shape index (κ1) is 7.35. The van der Waals surface area contributed by atoms with E-state index in [4.69, 9.17) is 4.43 Å².